The van der Waals surface area contributed by atoms with Crippen molar-refractivity contribution in [3.05, 3.63) is 71.9 Å². The lowest BCUT2D eigenvalue weighted by Gasteiger charge is -2.22. The van der Waals surface area contributed by atoms with Gasteiger partial charge in [0.2, 0.25) is 0 Å². The Balaban J connectivity index is 1.73. The van der Waals surface area contributed by atoms with Crippen molar-refractivity contribution < 1.29 is 10.0 Å². The lowest BCUT2D eigenvalue weighted by Crippen LogP contribution is -2.32. The number of benzene rings is 2. The van der Waals surface area contributed by atoms with Crippen molar-refractivity contribution in [3.63, 3.8) is 0 Å². The van der Waals surface area contributed by atoms with Gasteiger partial charge in [-0.25, -0.2) is 5.48 Å². The largest absolute Gasteiger partial charge is 0.302 e. The molecule has 1 atom stereocenters. The molecule has 2 heterocycles. The highest BCUT2D eigenvalue weighted by Crippen LogP contribution is 2.29. The molecule has 0 spiro atoms. The predicted molar refractivity (Wildman–Crippen MR) is 109 cm³/mol. The molecule has 3 aromatic rings. The van der Waals surface area contributed by atoms with Crippen LogP contribution in [-0.4, -0.2) is 45.9 Å². The number of amides is 1. The predicted octanol–water partition coefficient (Wildman–Crippen LogP) is 3.04. The molecule has 1 aliphatic heterocycles. The van der Waals surface area contributed by atoms with Crippen LogP contribution in [0.5, 0.6) is 0 Å². The highest BCUT2D eigenvalue weighted by Gasteiger charge is 2.23. The summed E-state index contributed by atoms with van der Waals surface area (Å²) in [4.78, 5) is 14.7. The quantitative estimate of drug-likeness (QED) is 0.530. The third-order valence-corrected chi connectivity index (χ3v) is 5.32. The van der Waals surface area contributed by atoms with E-state index >= 15 is 0 Å². The summed E-state index contributed by atoms with van der Waals surface area (Å²) in [7, 11) is 2.12. The van der Waals surface area contributed by atoms with Gasteiger partial charge in [-0.1, -0.05) is 54.6 Å². The maximum Gasteiger partial charge on any atom is 0.268 e. The van der Waals surface area contributed by atoms with E-state index < -0.39 is 11.9 Å². The zero-order valence-corrected chi connectivity index (χ0v) is 15.9. The highest BCUT2D eigenvalue weighted by atomic mass is 16.5. The number of likely N-dealkylation sites (N-methyl/N-ethyl adjacent to an activating group) is 1. The molecule has 144 valence electrons. The molecule has 28 heavy (non-hydrogen) atoms. The second kappa shape index (κ2) is 7.96. The van der Waals surface area contributed by atoms with Crippen molar-refractivity contribution in [2.75, 3.05) is 20.1 Å². The minimum atomic E-state index is -0.626. The van der Waals surface area contributed by atoms with E-state index in [1.807, 2.05) is 48.7 Å². The van der Waals surface area contributed by atoms with Crippen LogP contribution in [0.3, 0.4) is 0 Å². The molecule has 0 aliphatic carbocycles. The van der Waals surface area contributed by atoms with Gasteiger partial charge in [0.05, 0.1) is 5.52 Å². The van der Waals surface area contributed by atoms with Crippen LogP contribution in [0, 0.1) is 0 Å². The number of hydrogen-bond donors (Lipinski definition) is 2. The second-order valence-corrected chi connectivity index (χ2v) is 7.28. The lowest BCUT2D eigenvalue weighted by atomic mass is 9.98. The number of hydroxylamine groups is 1. The van der Waals surface area contributed by atoms with Crippen molar-refractivity contribution in [1.29, 1.82) is 0 Å². The van der Waals surface area contributed by atoms with Crippen molar-refractivity contribution in [1.82, 2.24) is 20.2 Å². The summed E-state index contributed by atoms with van der Waals surface area (Å²) in [6, 6.07) is 15.3. The molecular weight excluding hydrogens is 352 g/mol. The Morgan fingerprint density at radius 2 is 2.04 bits per heavy atom. The molecular formula is C22H24N4O2. The molecule has 1 unspecified atom stereocenters. The number of nitrogens with zero attached hydrogens (tertiary/aromatic N) is 3. The summed E-state index contributed by atoms with van der Waals surface area (Å²) in [6.45, 7) is 1.95. The van der Waals surface area contributed by atoms with Gasteiger partial charge in [-0.2, -0.15) is 5.10 Å². The molecule has 0 saturated heterocycles. The molecule has 0 radical (unpaired) electrons. The summed E-state index contributed by atoms with van der Waals surface area (Å²) in [6.07, 6.45) is 5.56. The topological polar surface area (TPSA) is 70.4 Å². The van der Waals surface area contributed by atoms with E-state index in [4.69, 9.17) is 5.10 Å². The molecule has 6 nitrogen and oxygen atoms in total. The number of carbonyl (C=O) groups is 1. The molecule has 1 aliphatic rings. The number of fused-ring (bicyclic) bond motifs is 1. The van der Waals surface area contributed by atoms with Gasteiger partial charge < -0.3 is 4.90 Å². The van der Waals surface area contributed by atoms with E-state index in [9.17, 15) is 10.0 Å². The summed E-state index contributed by atoms with van der Waals surface area (Å²) in [5.74, 6) is -0.475. The van der Waals surface area contributed by atoms with E-state index in [-0.39, 0.29) is 0 Å². The van der Waals surface area contributed by atoms with Crippen molar-refractivity contribution in [3.8, 4) is 0 Å². The average Bonchev–Trinajstić information content (AvgIpc) is 3.17. The Labute approximate surface area is 164 Å². The Morgan fingerprint density at radius 3 is 2.75 bits per heavy atom. The van der Waals surface area contributed by atoms with Gasteiger partial charge in [-0.15, -0.1) is 0 Å². The van der Waals surface area contributed by atoms with E-state index in [2.05, 4.69) is 24.1 Å². The third-order valence-electron chi connectivity index (χ3n) is 5.32. The van der Waals surface area contributed by atoms with E-state index in [1.54, 1.807) is 10.2 Å². The van der Waals surface area contributed by atoms with Crippen LogP contribution in [0.25, 0.3) is 16.5 Å². The first-order valence-electron chi connectivity index (χ1n) is 9.49. The average molecular weight is 376 g/mol. The maximum atomic E-state index is 12.4. The minimum Gasteiger partial charge on any atom is -0.302 e. The van der Waals surface area contributed by atoms with Crippen LogP contribution < -0.4 is 5.48 Å². The monoisotopic (exact) mass is 376 g/mol. The van der Waals surface area contributed by atoms with Gasteiger partial charge in [-0.05, 0) is 24.6 Å². The van der Waals surface area contributed by atoms with Crippen LogP contribution in [0.4, 0.5) is 0 Å². The van der Waals surface area contributed by atoms with Gasteiger partial charge in [0.25, 0.3) is 5.91 Å². The van der Waals surface area contributed by atoms with Gasteiger partial charge in [0.1, 0.15) is 6.04 Å². The normalized spacial score (nSPS) is 16.0. The van der Waals surface area contributed by atoms with Gasteiger partial charge in [0, 0.05) is 36.7 Å². The van der Waals surface area contributed by atoms with E-state index in [1.165, 1.54) is 5.57 Å². The minimum absolute atomic E-state index is 0.448. The molecule has 2 aromatic carbocycles. The Bertz CT molecular complexity index is 1010. The number of aromatic nitrogens is 2. The summed E-state index contributed by atoms with van der Waals surface area (Å²) >= 11 is 0. The first-order chi connectivity index (χ1) is 13.7. The standard InChI is InChI=1S/C22H24N4O2/c1-25-12-10-17(11-13-25)19-9-5-8-18-15-26(23-21(18)19)20(22(27)24-28)14-16-6-3-2-4-7-16/h2-10,15,20,28H,11-14H2,1H3,(H,24,27). The first-order valence-corrected chi connectivity index (χ1v) is 9.49. The number of hydrogen-bond acceptors (Lipinski definition) is 4. The van der Waals surface area contributed by atoms with E-state index in [0.717, 1.165) is 41.5 Å². The lowest BCUT2D eigenvalue weighted by molar-refractivity contribution is -0.132. The second-order valence-electron chi connectivity index (χ2n) is 7.28. The molecule has 1 aromatic heterocycles. The van der Waals surface area contributed by atoms with Crippen LogP contribution in [0.15, 0.2) is 60.8 Å². The fourth-order valence-corrected chi connectivity index (χ4v) is 3.72. The molecule has 4 rings (SSSR count). The number of rotatable bonds is 5. The Kier molecular flexibility index (Phi) is 5.23. The molecule has 0 saturated carbocycles. The fraction of sp³-hybridized carbons (Fsp3) is 0.273. The summed E-state index contributed by atoms with van der Waals surface area (Å²) < 4.78 is 1.67. The van der Waals surface area contributed by atoms with Crippen LogP contribution in [-0.2, 0) is 11.2 Å². The Morgan fingerprint density at radius 1 is 1.21 bits per heavy atom. The summed E-state index contributed by atoms with van der Waals surface area (Å²) in [5.41, 5.74) is 6.10. The SMILES string of the molecule is CN1CC=C(c2cccc3cn(C(Cc4ccccc4)C(=O)NO)nc23)CC1. The third kappa shape index (κ3) is 3.69. The maximum absolute atomic E-state index is 12.4. The van der Waals surface area contributed by atoms with Crippen molar-refractivity contribution in [2.45, 2.75) is 18.9 Å². The van der Waals surface area contributed by atoms with Crippen LogP contribution >= 0.6 is 0 Å². The molecule has 2 N–H and O–H groups in total. The summed E-state index contributed by atoms with van der Waals surface area (Å²) in [5, 5.41) is 15.0. The molecule has 1 amide bonds. The highest BCUT2D eigenvalue weighted by molar-refractivity contribution is 5.91. The van der Waals surface area contributed by atoms with Gasteiger partial charge in [-0.3, -0.25) is 14.7 Å². The van der Waals surface area contributed by atoms with Gasteiger partial charge >= 0.3 is 0 Å². The number of carbonyl (C=O) groups excluding carboxylic acids is 1. The zero-order valence-electron chi connectivity index (χ0n) is 15.9. The van der Waals surface area contributed by atoms with E-state index in [0.29, 0.717) is 6.42 Å². The first kappa shape index (κ1) is 18.4. The van der Waals surface area contributed by atoms with Crippen LogP contribution in [0.1, 0.15) is 23.6 Å². The zero-order chi connectivity index (χ0) is 19.5. The fourth-order valence-electron chi connectivity index (χ4n) is 3.72. The van der Waals surface area contributed by atoms with Crippen LogP contribution in [0.2, 0.25) is 0 Å². The molecule has 0 bridgehead atoms. The van der Waals surface area contributed by atoms with Crippen molar-refractivity contribution >= 4 is 22.4 Å². The Hall–Kier alpha value is -2.96. The smallest absolute Gasteiger partial charge is 0.268 e. The van der Waals surface area contributed by atoms with Gasteiger partial charge in [0.15, 0.2) is 0 Å². The number of nitrogens with one attached hydrogen (secondary N) is 1. The molecule has 6 heteroatoms. The van der Waals surface area contributed by atoms with Crippen molar-refractivity contribution in [2.24, 2.45) is 0 Å². The molecule has 0 fully saturated rings.